The van der Waals surface area contributed by atoms with E-state index in [0.717, 1.165) is 38.8 Å². The largest absolute Gasteiger partial charge is 0.383 e. The second-order valence-electron chi connectivity index (χ2n) is 4.50. The number of allylic oxidation sites excluding steroid dienone is 2. The molecule has 16 heavy (non-hydrogen) atoms. The molecule has 0 fully saturated rings. The van der Waals surface area contributed by atoms with Crippen molar-refractivity contribution in [1.29, 1.82) is 0 Å². The van der Waals surface area contributed by atoms with Crippen LogP contribution in [0, 0.1) is 11.8 Å². The maximum Gasteiger partial charge on any atom is 0.0591 e. The molecule has 0 aromatic heterocycles. The molecule has 3 nitrogen and oxygen atoms in total. The molecular weight excluding hydrogens is 202 g/mol. The molecule has 0 bridgehead atoms. The van der Waals surface area contributed by atoms with Crippen molar-refractivity contribution in [3.63, 3.8) is 0 Å². The van der Waals surface area contributed by atoms with E-state index in [2.05, 4.69) is 24.4 Å². The Morgan fingerprint density at radius 3 is 2.69 bits per heavy atom. The van der Waals surface area contributed by atoms with Crippen LogP contribution in [0.1, 0.15) is 19.8 Å². The van der Waals surface area contributed by atoms with Crippen LogP contribution in [0.15, 0.2) is 12.2 Å². The molecule has 0 saturated heterocycles. The van der Waals surface area contributed by atoms with Crippen molar-refractivity contribution in [2.45, 2.75) is 19.8 Å². The summed E-state index contributed by atoms with van der Waals surface area (Å²) >= 11 is 0. The zero-order valence-corrected chi connectivity index (χ0v) is 10.6. The first-order valence-electron chi connectivity index (χ1n) is 6.27. The Morgan fingerprint density at radius 1 is 1.19 bits per heavy atom. The van der Waals surface area contributed by atoms with E-state index in [0.29, 0.717) is 5.92 Å². The van der Waals surface area contributed by atoms with Gasteiger partial charge in [-0.3, -0.25) is 0 Å². The minimum Gasteiger partial charge on any atom is -0.383 e. The minimum atomic E-state index is 0.712. The van der Waals surface area contributed by atoms with Crippen LogP contribution in [-0.4, -0.2) is 40.0 Å². The molecule has 0 saturated carbocycles. The summed E-state index contributed by atoms with van der Waals surface area (Å²) in [6.07, 6.45) is 6.96. The van der Waals surface area contributed by atoms with E-state index in [9.17, 15) is 0 Å². The molecule has 1 aliphatic carbocycles. The van der Waals surface area contributed by atoms with E-state index in [1.807, 2.05) is 0 Å². The summed E-state index contributed by atoms with van der Waals surface area (Å²) in [5, 5.41) is 3.27. The van der Waals surface area contributed by atoms with Gasteiger partial charge in [0.15, 0.2) is 0 Å². The van der Waals surface area contributed by atoms with Gasteiger partial charge in [0.2, 0.25) is 0 Å². The van der Waals surface area contributed by atoms with E-state index in [1.54, 1.807) is 7.11 Å². The molecule has 2 unspecified atom stereocenters. The lowest BCUT2D eigenvalue weighted by molar-refractivity contribution is 0.0798. The summed E-state index contributed by atoms with van der Waals surface area (Å²) < 4.78 is 10.6. The van der Waals surface area contributed by atoms with E-state index >= 15 is 0 Å². The average molecular weight is 227 g/mol. The molecule has 0 radical (unpaired) electrons. The van der Waals surface area contributed by atoms with Crippen LogP contribution in [0.4, 0.5) is 0 Å². The third kappa shape index (κ3) is 5.64. The van der Waals surface area contributed by atoms with E-state index in [-0.39, 0.29) is 0 Å². The molecular formula is C13H25NO2. The van der Waals surface area contributed by atoms with Gasteiger partial charge in [0.1, 0.15) is 0 Å². The van der Waals surface area contributed by atoms with Crippen LogP contribution in [-0.2, 0) is 9.47 Å². The second kappa shape index (κ2) is 8.74. The smallest absolute Gasteiger partial charge is 0.0591 e. The zero-order chi connectivity index (χ0) is 11.6. The van der Waals surface area contributed by atoms with Gasteiger partial charge >= 0.3 is 0 Å². The molecule has 3 heteroatoms. The maximum absolute atomic E-state index is 5.69. The van der Waals surface area contributed by atoms with Crippen LogP contribution < -0.4 is 5.32 Å². The number of ether oxygens (including phenoxy) is 2. The Balaban J connectivity index is 1.92. The Morgan fingerprint density at radius 2 is 1.94 bits per heavy atom. The van der Waals surface area contributed by atoms with Crippen molar-refractivity contribution in [2.75, 3.05) is 40.0 Å². The second-order valence-corrected chi connectivity index (χ2v) is 4.50. The average Bonchev–Trinajstić information content (AvgIpc) is 2.30. The monoisotopic (exact) mass is 227 g/mol. The summed E-state index contributed by atoms with van der Waals surface area (Å²) in [7, 11) is 1.72. The highest BCUT2D eigenvalue weighted by Crippen LogP contribution is 2.24. The van der Waals surface area contributed by atoms with Crippen molar-refractivity contribution in [3.05, 3.63) is 12.2 Å². The Labute approximate surface area is 99.2 Å². The lowest BCUT2D eigenvalue weighted by atomic mass is 9.85. The summed E-state index contributed by atoms with van der Waals surface area (Å²) in [6, 6.07) is 0. The number of methoxy groups -OCH3 is 1. The maximum atomic E-state index is 5.69. The predicted molar refractivity (Wildman–Crippen MR) is 66.6 cm³/mol. The Bertz CT molecular complexity index is 194. The van der Waals surface area contributed by atoms with Crippen molar-refractivity contribution in [2.24, 2.45) is 11.8 Å². The van der Waals surface area contributed by atoms with Crippen LogP contribution >= 0.6 is 0 Å². The third-order valence-corrected chi connectivity index (χ3v) is 3.16. The van der Waals surface area contributed by atoms with Crippen LogP contribution in [0.5, 0.6) is 0 Å². The fourth-order valence-electron chi connectivity index (χ4n) is 1.92. The highest BCUT2D eigenvalue weighted by molar-refractivity contribution is 4.93. The molecule has 0 aromatic carbocycles. The van der Waals surface area contributed by atoms with Gasteiger partial charge in [0.25, 0.3) is 0 Å². The van der Waals surface area contributed by atoms with Gasteiger partial charge in [0, 0.05) is 20.2 Å². The quantitative estimate of drug-likeness (QED) is 0.507. The lowest BCUT2D eigenvalue weighted by Crippen LogP contribution is -2.26. The first-order chi connectivity index (χ1) is 7.84. The van der Waals surface area contributed by atoms with Crippen molar-refractivity contribution < 1.29 is 9.47 Å². The van der Waals surface area contributed by atoms with Crippen molar-refractivity contribution >= 4 is 0 Å². The fourth-order valence-corrected chi connectivity index (χ4v) is 1.92. The molecule has 1 rings (SSSR count). The van der Waals surface area contributed by atoms with E-state index in [1.165, 1.54) is 12.8 Å². The number of nitrogens with one attached hydrogen (secondary N) is 1. The molecule has 1 N–H and O–H groups in total. The molecule has 0 amide bonds. The third-order valence-electron chi connectivity index (χ3n) is 3.16. The molecule has 1 aliphatic rings. The van der Waals surface area contributed by atoms with Gasteiger partial charge in [-0.15, -0.1) is 0 Å². The summed E-state index contributed by atoms with van der Waals surface area (Å²) in [4.78, 5) is 0. The van der Waals surface area contributed by atoms with Gasteiger partial charge in [-0.2, -0.15) is 0 Å². The van der Waals surface area contributed by atoms with Gasteiger partial charge in [0.05, 0.1) is 19.8 Å². The van der Waals surface area contributed by atoms with Crippen LogP contribution in [0.2, 0.25) is 0 Å². The Hall–Kier alpha value is -0.380. The molecule has 0 spiro atoms. The van der Waals surface area contributed by atoms with Crippen molar-refractivity contribution in [3.8, 4) is 0 Å². The lowest BCUT2D eigenvalue weighted by Gasteiger charge is -2.24. The SMILES string of the molecule is COCCNCCOCC1CC=CCC1C. The van der Waals surface area contributed by atoms with E-state index < -0.39 is 0 Å². The highest BCUT2D eigenvalue weighted by atomic mass is 16.5. The van der Waals surface area contributed by atoms with Crippen molar-refractivity contribution in [1.82, 2.24) is 5.32 Å². The normalized spacial score (nSPS) is 24.9. The fraction of sp³-hybridized carbons (Fsp3) is 0.846. The summed E-state index contributed by atoms with van der Waals surface area (Å²) in [6.45, 7) is 6.61. The van der Waals surface area contributed by atoms with Crippen LogP contribution in [0.3, 0.4) is 0 Å². The zero-order valence-electron chi connectivity index (χ0n) is 10.6. The molecule has 0 aliphatic heterocycles. The highest BCUT2D eigenvalue weighted by Gasteiger charge is 2.17. The molecule has 0 heterocycles. The molecule has 0 aromatic rings. The number of hydrogen-bond donors (Lipinski definition) is 1. The first kappa shape index (κ1) is 13.7. The summed E-state index contributed by atoms with van der Waals surface area (Å²) in [5.41, 5.74) is 0. The van der Waals surface area contributed by atoms with E-state index in [4.69, 9.17) is 9.47 Å². The van der Waals surface area contributed by atoms with Gasteiger partial charge in [-0.05, 0) is 24.7 Å². The van der Waals surface area contributed by atoms with Gasteiger partial charge in [-0.1, -0.05) is 19.1 Å². The minimum absolute atomic E-state index is 0.712. The number of rotatable bonds is 8. The first-order valence-corrected chi connectivity index (χ1v) is 6.27. The topological polar surface area (TPSA) is 30.5 Å². The standard InChI is InChI=1S/C13H25NO2/c1-12-5-3-4-6-13(12)11-16-10-8-14-7-9-15-2/h3-4,12-14H,5-11H2,1-2H3. The molecule has 2 atom stereocenters. The predicted octanol–water partition coefficient (Wildman–Crippen LogP) is 1.84. The molecule has 94 valence electrons. The Kier molecular flexibility index (Phi) is 7.47. The number of hydrogen-bond acceptors (Lipinski definition) is 3. The summed E-state index contributed by atoms with van der Waals surface area (Å²) in [5.74, 6) is 1.48. The van der Waals surface area contributed by atoms with Gasteiger partial charge in [-0.25, -0.2) is 0 Å². The van der Waals surface area contributed by atoms with Crippen LogP contribution in [0.25, 0.3) is 0 Å². The van der Waals surface area contributed by atoms with Gasteiger partial charge < -0.3 is 14.8 Å².